The van der Waals surface area contributed by atoms with Crippen molar-refractivity contribution in [3.05, 3.63) is 68.6 Å². The van der Waals surface area contributed by atoms with Gasteiger partial charge in [0.2, 0.25) is 5.76 Å². The van der Waals surface area contributed by atoms with E-state index >= 15 is 0 Å². The third kappa shape index (κ3) is 4.01. The number of nitrogens with zero attached hydrogens (tertiary/aromatic N) is 1. The molecule has 0 saturated carbocycles. The number of fused-ring (bicyclic) bond motifs is 1. The second-order valence-corrected chi connectivity index (χ2v) is 5.92. The van der Waals surface area contributed by atoms with Gasteiger partial charge < -0.3 is 14.5 Å². The lowest BCUT2D eigenvalue weighted by Crippen LogP contribution is -2.22. The summed E-state index contributed by atoms with van der Waals surface area (Å²) in [6.07, 6.45) is 1.30. The van der Waals surface area contributed by atoms with Crippen molar-refractivity contribution in [2.24, 2.45) is 0 Å². The minimum Gasteiger partial charge on any atom is -0.450 e. The van der Waals surface area contributed by atoms with Gasteiger partial charge >= 0.3 is 5.97 Å². The normalized spacial score (nSPS) is 10.5. The van der Waals surface area contributed by atoms with Crippen molar-refractivity contribution < 1.29 is 18.7 Å². The maximum atomic E-state index is 12.0. The Hall–Kier alpha value is -2.90. The number of para-hydroxylation sites is 1. The van der Waals surface area contributed by atoms with Gasteiger partial charge in [-0.2, -0.15) is 0 Å². The Morgan fingerprint density at radius 1 is 1.19 bits per heavy atom. The van der Waals surface area contributed by atoms with Crippen molar-refractivity contribution in [2.45, 2.75) is 0 Å². The molecule has 2 heterocycles. The van der Waals surface area contributed by atoms with Crippen LogP contribution in [0.4, 0.5) is 5.82 Å². The fraction of sp³-hybridized carbons (Fsp3) is 0.0588. The molecule has 2 aromatic heterocycles. The van der Waals surface area contributed by atoms with Gasteiger partial charge in [-0.15, -0.1) is 0 Å². The Morgan fingerprint density at radius 3 is 2.73 bits per heavy atom. The summed E-state index contributed by atoms with van der Waals surface area (Å²) in [6, 6.07) is 8.89. The summed E-state index contributed by atoms with van der Waals surface area (Å²) in [6.45, 7) is -0.615. The van der Waals surface area contributed by atoms with E-state index in [-0.39, 0.29) is 27.6 Å². The summed E-state index contributed by atoms with van der Waals surface area (Å²) < 4.78 is 10.2. The largest absolute Gasteiger partial charge is 0.450 e. The molecule has 132 valence electrons. The summed E-state index contributed by atoms with van der Waals surface area (Å²) >= 11 is 11.6. The van der Waals surface area contributed by atoms with Crippen LogP contribution in [0.1, 0.15) is 10.6 Å². The van der Waals surface area contributed by atoms with E-state index in [1.165, 1.54) is 12.3 Å². The quantitative estimate of drug-likeness (QED) is 0.683. The van der Waals surface area contributed by atoms with Crippen LogP contribution in [0.15, 0.2) is 51.8 Å². The third-order valence-electron chi connectivity index (χ3n) is 3.24. The first-order chi connectivity index (χ1) is 12.4. The second-order valence-electron chi connectivity index (χ2n) is 5.08. The van der Waals surface area contributed by atoms with Gasteiger partial charge in [0.1, 0.15) is 5.58 Å². The lowest BCUT2D eigenvalue weighted by atomic mass is 10.2. The molecule has 0 aliphatic heterocycles. The molecule has 0 atom stereocenters. The van der Waals surface area contributed by atoms with Crippen LogP contribution < -0.4 is 10.7 Å². The van der Waals surface area contributed by atoms with Crippen molar-refractivity contribution in [3.8, 4) is 0 Å². The maximum Gasteiger partial charge on any atom is 0.374 e. The summed E-state index contributed by atoms with van der Waals surface area (Å²) in [7, 11) is 0. The van der Waals surface area contributed by atoms with E-state index in [2.05, 4.69) is 10.3 Å². The molecule has 0 fully saturated rings. The number of hydrogen-bond donors (Lipinski definition) is 1. The standard InChI is InChI=1S/C17H10Cl2N2O5/c18-9-5-11(19)16(20-7-9)21-15(23)8-25-17(24)14-6-12(22)10-3-1-2-4-13(10)26-14/h1-7H,8H2,(H,20,21,23). The summed E-state index contributed by atoms with van der Waals surface area (Å²) in [5.41, 5.74) is -0.144. The van der Waals surface area contributed by atoms with Crippen LogP contribution in [0.3, 0.4) is 0 Å². The fourth-order valence-electron chi connectivity index (χ4n) is 2.08. The number of carbonyl (C=O) groups is 2. The van der Waals surface area contributed by atoms with E-state index < -0.39 is 18.5 Å². The molecule has 1 amide bonds. The molecular formula is C17H10Cl2N2O5. The number of aromatic nitrogens is 1. The topological polar surface area (TPSA) is 98.5 Å². The highest BCUT2D eigenvalue weighted by atomic mass is 35.5. The molecule has 7 nitrogen and oxygen atoms in total. The highest BCUT2D eigenvalue weighted by Gasteiger charge is 2.16. The molecule has 0 saturated heterocycles. The first-order valence-corrected chi connectivity index (χ1v) is 8.00. The van der Waals surface area contributed by atoms with Gasteiger partial charge in [-0.3, -0.25) is 9.59 Å². The average molecular weight is 393 g/mol. The van der Waals surface area contributed by atoms with Gasteiger partial charge in [-0.1, -0.05) is 35.3 Å². The number of amides is 1. The molecule has 1 aromatic carbocycles. The molecule has 3 rings (SSSR count). The summed E-state index contributed by atoms with van der Waals surface area (Å²) in [5.74, 6) is -1.84. The molecule has 0 radical (unpaired) electrons. The zero-order chi connectivity index (χ0) is 18.7. The van der Waals surface area contributed by atoms with E-state index in [1.54, 1.807) is 24.3 Å². The first-order valence-electron chi connectivity index (χ1n) is 7.25. The van der Waals surface area contributed by atoms with Crippen molar-refractivity contribution in [2.75, 3.05) is 11.9 Å². The van der Waals surface area contributed by atoms with Gasteiger partial charge in [0, 0.05) is 12.3 Å². The first kappa shape index (κ1) is 17.9. The van der Waals surface area contributed by atoms with Crippen molar-refractivity contribution in [1.29, 1.82) is 0 Å². The lowest BCUT2D eigenvalue weighted by molar-refractivity contribution is -0.119. The van der Waals surface area contributed by atoms with Crippen LogP contribution in [0, 0.1) is 0 Å². The lowest BCUT2D eigenvalue weighted by Gasteiger charge is -2.07. The van der Waals surface area contributed by atoms with Gasteiger partial charge in [-0.25, -0.2) is 9.78 Å². The monoisotopic (exact) mass is 392 g/mol. The Kier molecular flexibility index (Phi) is 5.20. The van der Waals surface area contributed by atoms with Crippen LogP contribution in [-0.2, 0) is 9.53 Å². The number of benzene rings is 1. The van der Waals surface area contributed by atoms with Crippen LogP contribution in [0.25, 0.3) is 11.0 Å². The van der Waals surface area contributed by atoms with Crippen LogP contribution in [-0.4, -0.2) is 23.5 Å². The number of carbonyl (C=O) groups excluding carboxylic acids is 2. The number of pyridine rings is 1. The molecular weight excluding hydrogens is 383 g/mol. The predicted molar refractivity (Wildman–Crippen MR) is 95.7 cm³/mol. The average Bonchev–Trinajstić information content (AvgIpc) is 2.62. The van der Waals surface area contributed by atoms with Crippen molar-refractivity contribution in [3.63, 3.8) is 0 Å². The number of ether oxygens (including phenoxy) is 1. The van der Waals surface area contributed by atoms with Gasteiger partial charge in [0.05, 0.1) is 15.4 Å². The Bertz CT molecular complexity index is 1060. The van der Waals surface area contributed by atoms with Crippen molar-refractivity contribution in [1.82, 2.24) is 4.98 Å². The molecule has 0 aliphatic rings. The second kappa shape index (κ2) is 7.55. The number of anilines is 1. The smallest absolute Gasteiger partial charge is 0.374 e. The molecule has 1 N–H and O–H groups in total. The van der Waals surface area contributed by atoms with Gasteiger partial charge in [0.15, 0.2) is 17.9 Å². The van der Waals surface area contributed by atoms with E-state index in [9.17, 15) is 14.4 Å². The SMILES string of the molecule is O=C(COC(=O)c1cc(=O)c2ccccc2o1)Nc1ncc(Cl)cc1Cl. The van der Waals surface area contributed by atoms with E-state index in [4.69, 9.17) is 32.4 Å². The maximum absolute atomic E-state index is 12.0. The highest BCUT2D eigenvalue weighted by Crippen LogP contribution is 2.22. The number of esters is 1. The third-order valence-corrected chi connectivity index (χ3v) is 3.73. The molecule has 0 unspecified atom stereocenters. The van der Waals surface area contributed by atoms with Crippen LogP contribution >= 0.6 is 23.2 Å². The zero-order valence-electron chi connectivity index (χ0n) is 13.0. The number of hydrogen-bond acceptors (Lipinski definition) is 6. The number of rotatable bonds is 4. The molecule has 0 spiro atoms. The molecule has 3 aromatic rings. The minimum atomic E-state index is -0.946. The van der Waals surface area contributed by atoms with E-state index in [1.807, 2.05) is 0 Å². The minimum absolute atomic E-state index is 0.0781. The van der Waals surface area contributed by atoms with Crippen molar-refractivity contribution >= 4 is 51.9 Å². The number of nitrogens with one attached hydrogen (secondary N) is 1. The van der Waals surface area contributed by atoms with Gasteiger partial charge in [0.25, 0.3) is 5.91 Å². The Balaban J connectivity index is 1.67. The molecule has 26 heavy (non-hydrogen) atoms. The van der Waals surface area contributed by atoms with Gasteiger partial charge in [-0.05, 0) is 18.2 Å². The molecule has 0 aliphatic carbocycles. The summed E-state index contributed by atoms with van der Waals surface area (Å²) in [5, 5.41) is 3.16. The van der Waals surface area contributed by atoms with E-state index in [0.717, 1.165) is 6.07 Å². The Labute approximate surface area is 156 Å². The van der Waals surface area contributed by atoms with Crippen LogP contribution in [0.2, 0.25) is 10.0 Å². The zero-order valence-corrected chi connectivity index (χ0v) is 14.5. The number of halogens is 2. The van der Waals surface area contributed by atoms with E-state index in [0.29, 0.717) is 10.4 Å². The summed E-state index contributed by atoms with van der Waals surface area (Å²) in [4.78, 5) is 39.7. The Morgan fingerprint density at radius 2 is 1.96 bits per heavy atom. The fourth-order valence-corrected chi connectivity index (χ4v) is 2.51. The molecule has 0 bridgehead atoms. The highest BCUT2D eigenvalue weighted by molar-refractivity contribution is 6.36. The van der Waals surface area contributed by atoms with Crippen LogP contribution in [0.5, 0.6) is 0 Å². The molecule has 9 heteroatoms. The predicted octanol–water partition coefficient (Wildman–Crippen LogP) is 3.29.